The van der Waals surface area contributed by atoms with Crippen LogP contribution >= 0.6 is 11.9 Å². The molecule has 0 spiro atoms. The van der Waals surface area contributed by atoms with Crippen molar-refractivity contribution in [2.75, 3.05) is 13.1 Å². The molecule has 5 heteroatoms. The summed E-state index contributed by atoms with van der Waals surface area (Å²) in [5, 5.41) is 17.9. The molecule has 1 aliphatic rings. The van der Waals surface area contributed by atoms with Crippen molar-refractivity contribution in [3.63, 3.8) is 0 Å². The van der Waals surface area contributed by atoms with Gasteiger partial charge in [0.25, 0.3) is 0 Å². The van der Waals surface area contributed by atoms with Gasteiger partial charge < -0.3 is 10.0 Å². The van der Waals surface area contributed by atoms with Crippen molar-refractivity contribution < 1.29 is 10.0 Å². The summed E-state index contributed by atoms with van der Waals surface area (Å²) in [4.78, 5) is 1.15. The number of hydrogen-bond donors (Lipinski definition) is 2. The maximum absolute atomic E-state index is 8.94. The van der Waals surface area contributed by atoms with E-state index in [1.165, 1.54) is 12.8 Å². The van der Waals surface area contributed by atoms with Gasteiger partial charge in [-0.1, -0.05) is 12.1 Å². The Bertz CT molecular complexity index is 312. The molecule has 3 nitrogen and oxygen atoms in total. The summed E-state index contributed by atoms with van der Waals surface area (Å²) >= 11 is 1.74. The molecule has 80 valence electrons. The van der Waals surface area contributed by atoms with Gasteiger partial charge in [0.1, 0.15) is 0 Å². The van der Waals surface area contributed by atoms with E-state index >= 15 is 0 Å². The monoisotopic (exact) mass is 223 g/mol. The first-order valence-electron chi connectivity index (χ1n) is 5.15. The van der Waals surface area contributed by atoms with E-state index in [1.54, 1.807) is 24.1 Å². The largest absolute Gasteiger partial charge is 0.488 e. The summed E-state index contributed by atoms with van der Waals surface area (Å²) in [6, 6.07) is 7.36. The lowest BCUT2D eigenvalue weighted by molar-refractivity contribution is 0.426. The Morgan fingerprint density at radius 1 is 1.07 bits per heavy atom. The molecule has 0 radical (unpaired) electrons. The normalized spacial score (nSPS) is 16.9. The lowest BCUT2D eigenvalue weighted by atomic mass is 9.81. The van der Waals surface area contributed by atoms with Gasteiger partial charge in [-0.2, -0.15) is 0 Å². The summed E-state index contributed by atoms with van der Waals surface area (Å²) < 4.78 is 2.34. The van der Waals surface area contributed by atoms with Gasteiger partial charge >= 0.3 is 7.12 Å². The highest BCUT2D eigenvalue weighted by Gasteiger charge is 2.14. The molecule has 1 heterocycles. The molecule has 1 aromatic carbocycles. The third kappa shape index (κ3) is 2.98. The molecule has 15 heavy (non-hydrogen) atoms. The van der Waals surface area contributed by atoms with Gasteiger partial charge in [0.15, 0.2) is 0 Å². The summed E-state index contributed by atoms with van der Waals surface area (Å²) in [6.07, 6.45) is 2.56. The van der Waals surface area contributed by atoms with Gasteiger partial charge in [0, 0.05) is 18.0 Å². The van der Waals surface area contributed by atoms with Crippen LogP contribution in [0.15, 0.2) is 29.2 Å². The molecule has 2 rings (SSSR count). The predicted molar refractivity (Wildman–Crippen MR) is 62.9 cm³/mol. The average Bonchev–Trinajstić information content (AvgIpc) is 2.71. The summed E-state index contributed by atoms with van der Waals surface area (Å²) in [5.41, 5.74) is 0.542. The molecular formula is C10H14BNO2S. The third-order valence-electron chi connectivity index (χ3n) is 2.48. The van der Waals surface area contributed by atoms with Crippen LogP contribution in [0.2, 0.25) is 0 Å². The molecule has 1 saturated heterocycles. The van der Waals surface area contributed by atoms with Gasteiger partial charge in [0.2, 0.25) is 0 Å². The second kappa shape index (κ2) is 5.03. The van der Waals surface area contributed by atoms with Crippen LogP contribution in [0.3, 0.4) is 0 Å². The highest BCUT2D eigenvalue weighted by molar-refractivity contribution is 7.97. The molecule has 1 aliphatic heterocycles. The molecule has 1 aromatic rings. The SMILES string of the molecule is OB(O)c1ccc(SN2CCCC2)cc1. The van der Waals surface area contributed by atoms with E-state index in [4.69, 9.17) is 10.0 Å². The standard InChI is InChI=1S/C10H14BNO2S/c13-11(14)9-3-5-10(6-4-9)15-12-7-1-2-8-12/h3-6,13-14H,1-2,7-8H2. The zero-order valence-electron chi connectivity index (χ0n) is 8.47. The van der Waals surface area contributed by atoms with Crippen molar-refractivity contribution in [2.24, 2.45) is 0 Å². The third-order valence-corrected chi connectivity index (χ3v) is 3.58. The second-order valence-electron chi connectivity index (χ2n) is 3.67. The van der Waals surface area contributed by atoms with E-state index in [2.05, 4.69) is 4.31 Å². The van der Waals surface area contributed by atoms with E-state index < -0.39 is 7.12 Å². The number of benzene rings is 1. The van der Waals surface area contributed by atoms with Crippen molar-refractivity contribution >= 4 is 24.5 Å². The van der Waals surface area contributed by atoms with Crippen LogP contribution < -0.4 is 5.46 Å². The van der Waals surface area contributed by atoms with Gasteiger partial charge in [-0.3, -0.25) is 0 Å². The van der Waals surface area contributed by atoms with Gasteiger partial charge in [0.05, 0.1) is 0 Å². The number of nitrogens with zero attached hydrogens (tertiary/aromatic N) is 1. The van der Waals surface area contributed by atoms with E-state index in [0.717, 1.165) is 18.0 Å². The zero-order chi connectivity index (χ0) is 10.7. The van der Waals surface area contributed by atoms with E-state index in [1.807, 2.05) is 12.1 Å². The minimum atomic E-state index is -1.36. The van der Waals surface area contributed by atoms with Crippen LogP contribution in [0.1, 0.15) is 12.8 Å². The van der Waals surface area contributed by atoms with Crippen LogP contribution in [-0.2, 0) is 0 Å². The molecule has 0 aliphatic carbocycles. The van der Waals surface area contributed by atoms with Crippen LogP contribution in [0.4, 0.5) is 0 Å². The lowest BCUT2D eigenvalue weighted by Gasteiger charge is -2.13. The van der Waals surface area contributed by atoms with E-state index in [-0.39, 0.29) is 0 Å². The molecule has 0 bridgehead atoms. The smallest absolute Gasteiger partial charge is 0.423 e. The highest BCUT2D eigenvalue weighted by Crippen LogP contribution is 2.25. The average molecular weight is 223 g/mol. The molecule has 2 N–H and O–H groups in total. The number of rotatable bonds is 3. The maximum Gasteiger partial charge on any atom is 0.488 e. The minimum absolute atomic E-state index is 0.542. The Labute approximate surface area is 94.4 Å². The van der Waals surface area contributed by atoms with Crippen molar-refractivity contribution in [1.29, 1.82) is 0 Å². The number of hydrogen-bond acceptors (Lipinski definition) is 4. The molecule has 0 unspecified atom stereocenters. The minimum Gasteiger partial charge on any atom is -0.423 e. The van der Waals surface area contributed by atoms with Crippen LogP contribution in [0.5, 0.6) is 0 Å². The topological polar surface area (TPSA) is 43.7 Å². The summed E-state index contributed by atoms with van der Waals surface area (Å²) in [7, 11) is -1.36. The fourth-order valence-electron chi connectivity index (χ4n) is 1.63. The Morgan fingerprint density at radius 3 is 2.20 bits per heavy atom. The van der Waals surface area contributed by atoms with Crippen molar-refractivity contribution in [1.82, 2.24) is 4.31 Å². The Kier molecular flexibility index (Phi) is 3.69. The fourth-order valence-corrected chi connectivity index (χ4v) is 2.63. The summed E-state index contributed by atoms with van der Waals surface area (Å²) in [6.45, 7) is 2.30. The molecule has 1 fully saturated rings. The zero-order valence-corrected chi connectivity index (χ0v) is 9.28. The molecular weight excluding hydrogens is 209 g/mol. The first kappa shape index (κ1) is 11.0. The lowest BCUT2D eigenvalue weighted by Crippen LogP contribution is -2.29. The quantitative estimate of drug-likeness (QED) is 0.577. The molecule has 0 amide bonds. The Morgan fingerprint density at radius 2 is 1.67 bits per heavy atom. The van der Waals surface area contributed by atoms with E-state index in [9.17, 15) is 0 Å². The Balaban J connectivity index is 1.97. The first-order valence-corrected chi connectivity index (χ1v) is 5.92. The highest BCUT2D eigenvalue weighted by atomic mass is 32.2. The van der Waals surface area contributed by atoms with E-state index in [0.29, 0.717) is 5.46 Å². The molecule has 0 saturated carbocycles. The van der Waals surface area contributed by atoms with Crippen molar-refractivity contribution in [3.05, 3.63) is 24.3 Å². The van der Waals surface area contributed by atoms with Crippen molar-refractivity contribution in [2.45, 2.75) is 17.7 Å². The first-order chi connectivity index (χ1) is 7.25. The van der Waals surface area contributed by atoms with Crippen LogP contribution in [-0.4, -0.2) is 34.6 Å². The summed E-state index contributed by atoms with van der Waals surface area (Å²) in [5.74, 6) is 0. The second-order valence-corrected chi connectivity index (χ2v) is 4.84. The molecule has 0 aromatic heterocycles. The van der Waals surface area contributed by atoms with Crippen LogP contribution in [0, 0.1) is 0 Å². The molecule has 0 atom stereocenters. The van der Waals surface area contributed by atoms with Gasteiger partial charge in [-0.05, 0) is 42.4 Å². The van der Waals surface area contributed by atoms with Gasteiger partial charge in [-0.25, -0.2) is 4.31 Å². The Hall–Kier alpha value is -0.485. The van der Waals surface area contributed by atoms with Crippen molar-refractivity contribution in [3.8, 4) is 0 Å². The van der Waals surface area contributed by atoms with Gasteiger partial charge in [-0.15, -0.1) is 0 Å². The fraction of sp³-hybridized carbons (Fsp3) is 0.400. The maximum atomic E-state index is 8.94. The predicted octanol–water partition coefficient (Wildman–Crippen LogP) is 0.469. The van der Waals surface area contributed by atoms with Crippen LogP contribution in [0.25, 0.3) is 0 Å².